The van der Waals surface area contributed by atoms with Crippen molar-refractivity contribution in [3.05, 3.63) is 40.7 Å². The lowest BCUT2D eigenvalue weighted by Crippen LogP contribution is -2.33. The van der Waals surface area contributed by atoms with E-state index >= 15 is 0 Å². The van der Waals surface area contributed by atoms with Gasteiger partial charge in [0.05, 0.1) is 19.7 Å². The third kappa shape index (κ3) is 2.80. The van der Waals surface area contributed by atoms with Crippen molar-refractivity contribution >= 4 is 16.8 Å². The number of methoxy groups -OCH3 is 2. The number of fused-ring (bicyclic) bond motifs is 1. The molecule has 24 heavy (non-hydrogen) atoms. The van der Waals surface area contributed by atoms with Crippen LogP contribution in [0.5, 0.6) is 17.2 Å². The molecule has 0 spiro atoms. The molecule has 2 rings (SSSR count). The highest BCUT2D eigenvalue weighted by Crippen LogP contribution is 2.36. The molecule has 0 saturated heterocycles. The Morgan fingerprint density at radius 3 is 2.50 bits per heavy atom. The number of allylic oxidation sites excluding steroid dienone is 1. The number of carbonyl (C=O) groups excluding carboxylic acids is 1. The number of aromatic nitrogens is 1. The third-order valence-corrected chi connectivity index (χ3v) is 3.62. The molecule has 0 aliphatic rings. The number of benzene rings is 1. The molecule has 0 bridgehead atoms. The Hall–Kier alpha value is -2.96. The number of carbonyl (C=O) groups is 1. The van der Waals surface area contributed by atoms with E-state index in [-0.39, 0.29) is 17.9 Å². The van der Waals surface area contributed by atoms with Gasteiger partial charge in [-0.2, -0.15) is 0 Å². The quantitative estimate of drug-likeness (QED) is 0.785. The van der Waals surface area contributed by atoms with Gasteiger partial charge in [0, 0.05) is 24.5 Å². The van der Waals surface area contributed by atoms with Crippen LogP contribution in [0.4, 0.5) is 0 Å². The van der Waals surface area contributed by atoms with Crippen molar-refractivity contribution in [2.45, 2.75) is 13.5 Å². The van der Waals surface area contributed by atoms with Gasteiger partial charge in [0.2, 0.25) is 0 Å². The Kier molecular flexibility index (Phi) is 5.13. The molecule has 1 amide bonds. The predicted molar refractivity (Wildman–Crippen MR) is 91.2 cm³/mol. The van der Waals surface area contributed by atoms with Gasteiger partial charge in [0.25, 0.3) is 11.5 Å². The summed E-state index contributed by atoms with van der Waals surface area (Å²) in [5.74, 6) is -0.227. The number of ether oxygens (including phenoxy) is 2. The monoisotopic (exact) mass is 332 g/mol. The number of nitrogens with one attached hydrogen (secondary N) is 1. The SMILES string of the molecule is C=CCn1c(=O)c(C(=O)NCC)c(O)c2cc(OC)c(OC)cc21. The zero-order valence-electron chi connectivity index (χ0n) is 13.9. The first-order valence-electron chi connectivity index (χ1n) is 7.40. The molecule has 0 aliphatic heterocycles. The molecular formula is C17H20N2O5. The number of hydrogen-bond acceptors (Lipinski definition) is 5. The Balaban J connectivity index is 2.94. The largest absolute Gasteiger partial charge is 0.506 e. The summed E-state index contributed by atoms with van der Waals surface area (Å²) in [6, 6.07) is 3.12. The average Bonchev–Trinajstić information content (AvgIpc) is 2.57. The minimum atomic E-state index is -0.630. The molecule has 7 heteroatoms. The summed E-state index contributed by atoms with van der Waals surface area (Å²) in [6.45, 7) is 5.88. The Bertz CT molecular complexity index is 854. The number of pyridine rings is 1. The van der Waals surface area contributed by atoms with E-state index in [0.29, 0.717) is 28.9 Å². The molecular weight excluding hydrogens is 312 g/mol. The molecule has 0 aliphatic carbocycles. The van der Waals surface area contributed by atoms with Gasteiger partial charge in [-0.15, -0.1) is 6.58 Å². The molecule has 1 heterocycles. The first kappa shape index (κ1) is 17.4. The minimum Gasteiger partial charge on any atom is -0.506 e. The smallest absolute Gasteiger partial charge is 0.268 e. The van der Waals surface area contributed by atoms with Gasteiger partial charge in [-0.25, -0.2) is 0 Å². The van der Waals surface area contributed by atoms with E-state index in [1.165, 1.54) is 30.9 Å². The Labute approximate surface area is 139 Å². The Morgan fingerprint density at radius 2 is 1.96 bits per heavy atom. The lowest BCUT2D eigenvalue weighted by molar-refractivity contribution is 0.0951. The third-order valence-electron chi connectivity index (χ3n) is 3.62. The van der Waals surface area contributed by atoms with Gasteiger partial charge in [-0.3, -0.25) is 9.59 Å². The van der Waals surface area contributed by atoms with Crippen LogP contribution in [0.3, 0.4) is 0 Å². The van der Waals surface area contributed by atoms with Crippen LogP contribution in [-0.4, -0.2) is 36.3 Å². The first-order valence-corrected chi connectivity index (χ1v) is 7.40. The summed E-state index contributed by atoms with van der Waals surface area (Å²) in [5.41, 5.74) is -0.486. The highest BCUT2D eigenvalue weighted by atomic mass is 16.5. The van der Waals surface area contributed by atoms with Gasteiger partial charge in [-0.1, -0.05) is 6.08 Å². The fourth-order valence-electron chi connectivity index (χ4n) is 2.53. The van der Waals surface area contributed by atoms with Crippen molar-refractivity contribution < 1.29 is 19.4 Å². The van der Waals surface area contributed by atoms with Crippen LogP contribution < -0.4 is 20.3 Å². The molecule has 0 saturated carbocycles. The molecule has 0 radical (unpaired) electrons. The summed E-state index contributed by atoms with van der Waals surface area (Å²) in [5, 5.41) is 13.4. The van der Waals surface area contributed by atoms with Crippen molar-refractivity contribution in [2.75, 3.05) is 20.8 Å². The van der Waals surface area contributed by atoms with Crippen molar-refractivity contribution in [3.8, 4) is 17.2 Å². The second-order valence-electron chi connectivity index (χ2n) is 5.01. The number of amides is 1. The van der Waals surface area contributed by atoms with E-state index in [2.05, 4.69) is 11.9 Å². The van der Waals surface area contributed by atoms with Crippen molar-refractivity contribution in [1.29, 1.82) is 0 Å². The van der Waals surface area contributed by atoms with Crippen LogP contribution in [0, 0.1) is 0 Å². The first-order chi connectivity index (χ1) is 11.5. The van der Waals surface area contributed by atoms with Gasteiger partial charge in [-0.05, 0) is 13.0 Å². The maximum atomic E-state index is 12.7. The summed E-state index contributed by atoms with van der Waals surface area (Å²) >= 11 is 0. The average molecular weight is 332 g/mol. The van der Waals surface area contributed by atoms with Crippen LogP contribution >= 0.6 is 0 Å². The number of nitrogens with zero attached hydrogens (tertiary/aromatic N) is 1. The van der Waals surface area contributed by atoms with Crippen LogP contribution in [0.15, 0.2) is 29.6 Å². The zero-order chi connectivity index (χ0) is 17.9. The standard InChI is InChI=1S/C17H20N2O5/c1-5-7-19-11-9-13(24-4)12(23-3)8-10(11)15(20)14(17(19)22)16(21)18-6-2/h5,8-9,20H,1,6-7H2,2-4H3,(H,18,21). The highest BCUT2D eigenvalue weighted by molar-refractivity contribution is 6.03. The molecule has 1 aromatic carbocycles. The number of hydrogen-bond donors (Lipinski definition) is 2. The van der Waals surface area contributed by atoms with E-state index in [1.54, 1.807) is 13.0 Å². The molecule has 128 valence electrons. The summed E-state index contributed by atoms with van der Waals surface area (Å²) in [4.78, 5) is 24.9. The fourth-order valence-corrected chi connectivity index (χ4v) is 2.53. The van der Waals surface area contributed by atoms with Crippen LogP contribution in [-0.2, 0) is 6.54 Å². The maximum Gasteiger partial charge on any atom is 0.268 e. The number of rotatable bonds is 6. The second-order valence-corrected chi connectivity index (χ2v) is 5.01. The summed E-state index contributed by atoms with van der Waals surface area (Å²) < 4.78 is 11.8. The lowest BCUT2D eigenvalue weighted by atomic mass is 10.1. The fraction of sp³-hybridized carbons (Fsp3) is 0.294. The van der Waals surface area contributed by atoms with Gasteiger partial charge >= 0.3 is 0 Å². The Morgan fingerprint density at radius 1 is 1.33 bits per heavy atom. The molecule has 0 unspecified atom stereocenters. The van der Waals surface area contributed by atoms with Gasteiger partial charge in [0.15, 0.2) is 11.5 Å². The van der Waals surface area contributed by atoms with Gasteiger partial charge in [0.1, 0.15) is 11.3 Å². The molecule has 2 N–H and O–H groups in total. The van der Waals surface area contributed by atoms with E-state index in [1.807, 2.05) is 0 Å². The van der Waals surface area contributed by atoms with E-state index < -0.39 is 11.5 Å². The van der Waals surface area contributed by atoms with Crippen molar-refractivity contribution in [3.63, 3.8) is 0 Å². The van der Waals surface area contributed by atoms with E-state index in [4.69, 9.17) is 9.47 Å². The molecule has 2 aromatic rings. The highest BCUT2D eigenvalue weighted by Gasteiger charge is 2.23. The molecule has 0 fully saturated rings. The van der Waals surface area contributed by atoms with Crippen LogP contribution in [0.25, 0.3) is 10.9 Å². The molecule has 7 nitrogen and oxygen atoms in total. The van der Waals surface area contributed by atoms with Crippen molar-refractivity contribution in [2.24, 2.45) is 0 Å². The molecule has 0 atom stereocenters. The topological polar surface area (TPSA) is 89.8 Å². The number of aromatic hydroxyl groups is 1. The van der Waals surface area contributed by atoms with Gasteiger partial charge < -0.3 is 24.5 Å². The van der Waals surface area contributed by atoms with E-state index in [0.717, 1.165) is 0 Å². The predicted octanol–water partition coefficient (Wildman–Crippen LogP) is 1.66. The minimum absolute atomic E-state index is 0.178. The lowest BCUT2D eigenvalue weighted by Gasteiger charge is -2.16. The molecule has 1 aromatic heterocycles. The zero-order valence-corrected chi connectivity index (χ0v) is 13.9. The van der Waals surface area contributed by atoms with Crippen LogP contribution in [0.2, 0.25) is 0 Å². The second kappa shape index (κ2) is 7.08. The summed E-state index contributed by atoms with van der Waals surface area (Å²) in [6.07, 6.45) is 1.54. The van der Waals surface area contributed by atoms with Crippen LogP contribution in [0.1, 0.15) is 17.3 Å². The normalized spacial score (nSPS) is 10.5. The van der Waals surface area contributed by atoms with Crippen molar-refractivity contribution in [1.82, 2.24) is 9.88 Å². The maximum absolute atomic E-state index is 12.7. The van der Waals surface area contributed by atoms with E-state index in [9.17, 15) is 14.7 Å². The summed E-state index contributed by atoms with van der Waals surface area (Å²) in [7, 11) is 2.94.